The van der Waals surface area contributed by atoms with Gasteiger partial charge in [-0.15, -0.1) is 0 Å². The predicted octanol–water partition coefficient (Wildman–Crippen LogP) is 1.60. The van der Waals surface area contributed by atoms with Crippen molar-refractivity contribution in [3.63, 3.8) is 0 Å². The van der Waals surface area contributed by atoms with Crippen LogP contribution in [0.2, 0.25) is 0 Å². The summed E-state index contributed by atoms with van der Waals surface area (Å²) in [6.07, 6.45) is 0. The molecular formula is C12H15N5O2. The van der Waals surface area contributed by atoms with Gasteiger partial charge in [0.15, 0.2) is 0 Å². The second kappa shape index (κ2) is 5.85. The molecule has 0 atom stereocenters. The first-order valence-corrected chi connectivity index (χ1v) is 5.76. The van der Waals surface area contributed by atoms with E-state index in [-0.39, 0.29) is 12.0 Å². The molecule has 0 amide bonds. The molecule has 1 aromatic carbocycles. The van der Waals surface area contributed by atoms with E-state index in [0.29, 0.717) is 12.6 Å². The molecule has 2 rings (SSSR count). The molecule has 0 fully saturated rings. The Morgan fingerprint density at radius 1 is 1.26 bits per heavy atom. The molecule has 0 aliphatic carbocycles. The fraction of sp³-hybridized carbons (Fsp3) is 0.250. The summed E-state index contributed by atoms with van der Waals surface area (Å²) in [7, 11) is 1.60. The number of methoxy groups -OCH3 is 1. The first-order valence-electron chi connectivity index (χ1n) is 5.76. The average Bonchev–Trinajstić information content (AvgIpc) is 2.38. The maximum absolute atomic E-state index is 5.59. The summed E-state index contributed by atoms with van der Waals surface area (Å²) in [5.74, 6) is 1.16. The lowest BCUT2D eigenvalue weighted by molar-refractivity contribution is 0.312. The SMILES string of the molecule is CCOc1nc(N)nc(Nc2cccc(OC)c2)n1. The third-order valence-corrected chi connectivity index (χ3v) is 2.23. The number of anilines is 3. The van der Waals surface area contributed by atoms with Gasteiger partial charge in [0.2, 0.25) is 11.9 Å². The third kappa shape index (κ3) is 3.44. The minimum absolute atomic E-state index is 0.101. The standard InChI is InChI=1S/C12H15N5O2/c1-3-19-12-16-10(13)15-11(17-12)14-8-5-4-6-9(7-8)18-2/h4-7H,3H2,1-2H3,(H3,13,14,15,16,17). The van der Waals surface area contributed by atoms with E-state index < -0.39 is 0 Å². The molecule has 1 heterocycles. The zero-order chi connectivity index (χ0) is 13.7. The van der Waals surface area contributed by atoms with Crippen molar-refractivity contribution in [3.8, 4) is 11.8 Å². The molecule has 0 aliphatic heterocycles. The Labute approximate surface area is 110 Å². The Hall–Kier alpha value is -2.57. The van der Waals surface area contributed by atoms with Crippen LogP contribution in [0.1, 0.15) is 6.92 Å². The highest BCUT2D eigenvalue weighted by Gasteiger charge is 2.05. The van der Waals surface area contributed by atoms with Crippen LogP contribution < -0.4 is 20.5 Å². The van der Waals surface area contributed by atoms with Gasteiger partial charge in [-0.25, -0.2) is 0 Å². The Balaban J connectivity index is 2.22. The summed E-state index contributed by atoms with van der Waals surface area (Å²) in [5, 5.41) is 3.02. The number of ether oxygens (including phenoxy) is 2. The van der Waals surface area contributed by atoms with Crippen LogP contribution in [0.4, 0.5) is 17.6 Å². The summed E-state index contributed by atoms with van der Waals surface area (Å²) >= 11 is 0. The van der Waals surface area contributed by atoms with Crippen LogP contribution in [-0.2, 0) is 0 Å². The van der Waals surface area contributed by atoms with Crippen molar-refractivity contribution in [2.24, 2.45) is 0 Å². The van der Waals surface area contributed by atoms with Crippen LogP contribution in [0.3, 0.4) is 0 Å². The van der Waals surface area contributed by atoms with Crippen LogP contribution in [0.5, 0.6) is 11.8 Å². The first kappa shape index (κ1) is 12.9. The van der Waals surface area contributed by atoms with Gasteiger partial charge in [-0.3, -0.25) is 0 Å². The minimum atomic E-state index is 0.101. The van der Waals surface area contributed by atoms with Gasteiger partial charge in [0.1, 0.15) is 5.75 Å². The van der Waals surface area contributed by atoms with Crippen molar-refractivity contribution >= 4 is 17.6 Å². The summed E-state index contributed by atoms with van der Waals surface area (Å²) in [5.41, 5.74) is 6.38. The predicted molar refractivity (Wildman–Crippen MR) is 71.7 cm³/mol. The molecule has 0 unspecified atom stereocenters. The van der Waals surface area contributed by atoms with Crippen molar-refractivity contribution in [2.45, 2.75) is 6.92 Å². The molecule has 2 aromatic rings. The Bertz CT molecular complexity index is 562. The molecule has 0 spiro atoms. The van der Waals surface area contributed by atoms with Gasteiger partial charge in [-0.2, -0.15) is 15.0 Å². The molecule has 7 nitrogen and oxygen atoms in total. The lowest BCUT2D eigenvalue weighted by atomic mass is 10.3. The number of benzene rings is 1. The second-order valence-electron chi connectivity index (χ2n) is 3.59. The summed E-state index contributed by atoms with van der Waals surface area (Å²) in [4.78, 5) is 12.0. The Kier molecular flexibility index (Phi) is 3.97. The van der Waals surface area contributed by atoms with E-state index in [9.17, 15) is 0 Å². The zero-order valence-electron chi connectivity index (χ0n) is 10.8. The number of nitrogens with two attached hydrogens (primary N) is 1. The molecular weight excluding hydrogens is 246 g/mol. The van der Waals surface area contributed by atoms with E-state index in [0.717, 1.165) is 11.4 Å². The zero-order valence-corrected chi connectivity index (χ0v) is 10.8. The van der Waals surface area contributed by atoms with E-state index >= 15 is 0 Å². The molecule has 100 valence electrons. The number of rotatable bonds is 5. The normalized spacial score (nSPS) is 10.0. The van der Waals surface area contributed by atoms with Crippen molar-refractivity contribution in [1.29, 1.82) is 0 Å². The van der Waals surface area contributed by atoms with Gasteiger partial charge in [-0.05, 0) is 19.1 Å². The van der Waals surface area contributed by atoms with Gasteiger partial charge >= 0.3 is 6.01 Å². The van der Waals surface area contributed by atoms with Gasteiger partial charge < -0.3 is 20.5 Å². The largest absolute Gasteiger partial charge is 0.497 e. The van der Waals surface area contributed by atoms with E-state index in [4.69, 9.17) is 15.2 Å². The van der Waals surface area contributed by atoms with Crippen molar-refractivity contribution < 1.29 is 9.47 Å². The Morgan fingerprint density at radius 3 is 2.84 bits per heavy atom. The fourth-order valence-corrected chi connectivity index (χ4v) is 1.45. The number of nitrogens with zero attached hydrogens (tertiary/aromatic N) is 3. The molecule has 1 aromatic heterocycles. The van der Waals surface area contributed by atoms with Gasteiger partial charge in [-0.1, -0.05) is 6.07 Å². The quantitative estimate of drug-likeness (QED) is 0.844. The van der Waals surface area contributed by atoms with Gasteiger partial charge in [0, 0.05) is 11.8 Å². The highest BCUT2D eigenvalue weighted by Crippen LogP contribution is 2.20. The van der Waals surface area contributed by atoms with Crippen LogP contribution in [0.15, 0.2) is 24.3 Å². The molecule has 0 saturated carbocycles. The van der Waals surface area contributed by atoms with Crippen molar-refractivity contribution in [2.75, 3.05) is 24.8 Å². The molecule has 0 aliphatic rings. The summed E-state index contributed by atoms with van der Waals surface area (Å²) in [6, 6.07) is 7.58. The summed E-state index contributed by atoms with van der Waals surface area (Å²) < 4.78 is 10.3. The molecule has 3 N–H and O–H groups in total. The van der Waals surface area contributed by atoms with Crippen LogP contribution >= 0.6 is 0 Å². The van der Waals surface area contributed by atoms with Gasteiger partial charge in [0.25, 0.3) is 0 Å². The van der Waals surface area contributed by atoms with E-state index in [2.05, 4.69) is 20.3 Å². The highest BCUT2D eigenvalue weighted by atomic mass is 16.5. The lowest BCUT2D eigenvalue weighted by Crippen LogP contribution is -2.06. The van der Waals surface area contributed by atoms with Crippen LogP contribution in [-0.4, -0.2) is 28.7 Å². The van der Waals surface area contributed by atoms with E-state index in [1.54, 1.807) is 7.11 Å². The van der Waals surface area contributed by atoms with Crippen LogP contribution in [0.25, 0.3) is 0 Å². The smallest absolute Gasteiger partial charge is 0.323 e. The minimum Gasteiger partial charge on any atom is -0.497 e. The van der Waals surface area contributed by atoms with Crippen molar-refractivity contribution in [1.82, 2.24) is 15.0 Å². The Morgan fingerprint density at radius 2 is 2.11 bits per heavy atom. The molecule has 19 heavy (non-hydrogen) atoms. The molecule has 0 saturated heterocycles. The summed E-state index contributed by atoms with van der Waals surface area (Å²) in [6.45, 7) is 2.30. The second-order valence-corrected chi connectivity index (χ2v) is 3.59. The van der Waals surface area contributed by atoms with Gasteiger partial charge in [0.05, 0.1) is 13.7 Å². The lowest BCUT2D eigenvalue weighted by Gasteiger charge is -2.08. The molecule has 7 heteroatoms. The molecule has 0 radical (unpaired) electrons. The third-order valence-electron chi connectivity index (χ3n) is 2.23. The van der Waals surface area contributed by atoms with E-state index in [1.165, 1.54) is 0 Å². The molecule has 0 bridgehead atoms. The average molecular weight is 261 g/mol. The fourth-order valence-electron chi connectivity index (χ4n) is 1.45. The highest BCUT2D eigenvalue weighted by molar-refractivity contribution is 5.56. The van der Waals surface area contributed by atoms with Crippen molar-refractivity contribution in [3.05, 3.63) is 24.3 Å². The topological polar surface area (TPSA) is 95.2 Å². The van der Waals surface area contributed by atoms with Crippen LogP contribution in [0, 0.1) is 0 Å². The number of nitrogens with one attached hydrogen (secondary N) is 1. The number of aromatic nitrogens is 3. The maximum atomic E-state index is 5.59. The van der Waals surface area contributed by atoms with E-state index in [1.807, 2.05) is 31.2 Å². The number of hydrogen-bond donors (Lipinski definition) is 2. The monoisotopic (exact) mass is 261 g/mol. The first-order chi connectivity index (χ1) is 9.21. The number of nitrogen functional groups attached to an aromatic ring is 1. The maximum Gasteiger partial charge on any atom is 0.323 e. The number of hydrogen-bond acceptors (Lipinski definition) is 7.